The van der Waals surface area contributed by atoms with Crippen LogP contribution in [0.2, 0.25) is 0 Å². The van der Waals surface area contributed by atoms with Crippen LogP contribution < -0.4 is 0 Å². The monoisotopic (exact) mass is 247 g/mol. The first-order chi connectivity index (χ1) is 8.47. The lowest BCUT2D eigenvalue weighted by molar-refractivity contribution is 0.277. The van der Waals surface area contributed by atoms with Crippen molar-refractivity contribution >= 4 is 6.72 Å². The Labute approximate surface area is 113 Å². The molecule has 102 valence electrons. The molecule has 0 spiro atoms. The summed E-state index contributed by atoms with van der Waals surface area (Å²) >= 11 is 0. The second kappa shape index (κ2) is 6.92. The molecule has 0 aromatic carbocycles. The average Bonchev–Trinajstić information content (AvgIpc) is 2.35. The van der Waals surface area contributed by atoms with Crippen LogP contribution in [-0.2, 0) is 0 Å². The molecule has 1 fully saturated rings. The maximum Gasteiger partial charge on any atom is 0.0573 e. The minimum atomic E-state index is 0.143. The molecular weight excluding hydrogens is 218 g/mol. The second-order valence-corrected chi connectivity index (χ2v) is 6.40. The summed E-state index contributed by atoms with van der Waals surface area (Å²) in [7, 11) is 0. The first-order valence-corrected chi connectivity index (χ1v) is 7.28. The van der Waals surface area contributed by atoms with Gasteiger partial charge in [-0.15, -0.1) is 0 Å². The Kier molecular flexibility index (Phi) is 5.84. The fraction of sp³-hybridized carbons (Fsp3) is 0.706. The van der Waals surface area contributed by atoms with Crippen molar-refractivity contribution in [1.82, 2.24) is 0 Å². The van der Waals surface area contributed by atoms with Gasteiger partial charge in [0.05, 0.1) is 5.54 Å². The van der Waals surface area contributed by atoms with E-state index in [4.69, 9.17) is 0 Å². The quantitative estimate of drug-likeness (QED) is 0.468. The normalized spacial score (nSPS) is 30.1. The molecule has 1 rings (SSSR count). The molecule has 1 saturated carbocycles. The Morgan fingerprint density at radius 1 is 1.39 bits per heavy atom. The highest BCUT2D eigenvalue weighted by Crippen LogP contribution is 2.37. The maximum atomic E-state index is 4.28. The molecule has 0 N–H and O–H groups in total. The van der Waals surface area contributed by atoms with Crippen LogP contribution in [0.25, 0.3) is 0 Å². The molecule has 0 bridgehead atoms. The van der Waals surface area contributed by atoms with Crippen molar-refractivity contribution in [3.63, 3.8) is 0 Å². The Morgan fingerprint density at radius 2 is 2.00 bits per heavy atom. The molecular formula is C17H29N. The van der Waals surface area contributed by atoms with Gasteiger partial charge in [0.15, 0.2) is 0 Å². The van der Waals surface area contributed by atoms with Gasteiger partial charge in [-0.25, -0.2) is 0 Å². The molecule has 0 heterocycles. The minimum absolute atomic E-state index is 0.143. The van der Waals surface area contributed by atoms with Crippen LogP contribution in [0.1, 0.15) is 59.8 Å². The van der Waals surface area contributed by atoms with Crippen LogP contribution in [0.5, 0.6) is 0 Å². The molecule has 0 aromatic rings. The minimum Gasteiger partial charge on any atom is -0.295 e. The van der Waals surface area contributed by atoms with Crippen LogP contribution >= 0.6 is 0 Å². The van der Waals surface area contributed by atoms with E-state index in [0.717, 1.165) is 11.8 Å². The summed E-state index contributed by atoms with van der Waals surface area (Å²) in [6, 6.07) is 0. The van der Waals surface area contributed by atoms with Crippen LogP contribution in [0, 0.1) is 11.8 Å². The van der Waals surface area contributed by atoms with Crippen molar-refractivity contribution in [1.29, 1.82) is 0 Å². The summed E-state index contributed by atoms with van der Waals surface area (Å²) in [6.07, 6.45) is 12.9. The summed E-state index contributed by atoms with van der Waals surface area (Å²) in [5.41, 5.74) is 1.67. The van der Waals surface area contributed by atoms with Gasteiger partial charge in [-0.05, 0) is 64.5 Å². The average molecular weight is 247 g/mol. The number of nitrogens with zero attached hydrogens (tertiary/aromatic N) is 1. The summed E-state index contributed by atoms with van der Waals surface area (Å²) in [4.78, 5) is 4.28. The molecule has 0 atom stereocenters. The maximum absolute atomic E-state index is 4.28. The Balaban J connectivity index is 2.44. The molecule has 0 aliphatic heterocycles. The smallest absolute Gasteiger partial charge is 0.0573 e. The predicted molar refractivity (Wildman–Crippen MR) is 82.3 cm³/mol. The molecule has 1 heteroatoms. The Morgan fingerprint density at radius 3 is 2.50 bits per heavy atom. The third kappa shape index (κ3) is 4.80. The summed E-state index contributed by atoms with van der Waals surface area (Å²) < 4.78 is 0. The van der Waals surface area contributed by atoms with Gasteiger partial charge in [0, 0.05) is 0 Å². The zero-order chi connectivity index (χ0) is 13.6. The van der Waals surface area contributed by atoms with Gasteiger partial charge in [0.25, 0.3) is 0 Å². The predicted octanol–water partition coefficient (Wildman–Crippen LogP) is 5.18. The van der Waals surface area contributed by atoms with Crippen molar-refractivity contribution in [2.45, 2.75) is 65.3 Å². The van der Waals surface area contributed by atoms with Crippen molar-refractivity contribution < 1.29 is 0 Å². The Hall–Kier alpha value is -0.850. The van der Waals surface area contributed by atoms with Crippen LogP contribution in [0.15, 0.2) is 28.8 Å². The topological polar surface area (TPSA) is 12.4 Å². The number of rotatable bonds is 5. The molecule has 0 unspecified atom stereocenters. The summed E-state index contributed by atoms with van der Waals surface area (Å²) in [6.45, 7) is 12.7. The van der Waals surface area contributed by atoms with Gasteiger partial charge in [-0.2, -0.15) is 0 Å². The van der Waals surface area contributed by atoms with E-state index in [2.05, 4.69) is 57.6 Å². The lowest BCUT2D eigenvalue weighted by Gasteiger charge is -2.34. The molecule has 1 nitrogen and oxygen atoms in total. The van der Waals surface area contributed by atoms with Crippen molar-refractivity contribution in [2.24, 2.45) is 16.8 Å². The molecule has 1 aliphatic carbocycles. The van der Waals surface area contributed by atoms with Gasteiger partial charge in [0.1, 0.15) is 0 Å². The first-order valence-electron chi connectivity index (χ1n) is 7.28. The molecule has 18 heavy (non-hydrogen) atoms. The third-order valence-electron chi connectivity index (χ3n) is 4.19. The van der Waals surface area contributed by atoms with Crippen molar-refractivity contribution in [3.8, 4) is 0 Å². The van der Waals surface area contributed by atoms with Crippen LogP contribution in [0.4, 0.5) is 0 Å². The van der Waals surface area contributed by atoms with Crippen molar-refractivity contribution in [3.05, 3.63) is 23.8 Å². The summed E-state index contributed by atoms with van der Waals surface area (Å²) in [5, 5.41) is 0. The third-order valence-corrected chi connectivity index (χ3v) is 4.19. The highest BCUT2D eigenvalue weighted by molar-refractivity contribution is 5.26. The van der Waals surface area contributed by atoms with E-state index < -0.39 is 0 Å². The molecule has 0 saturated heterocycles. The number of hydrogen-bond acceptors (Lipinski definition) is 1. The SMILES string of the molecule is C=NC1(C)CCC(C(C)=CC=CCC(C)C)CC1. The number of aliphatic imine (C=N–C) groups is 1. The lowest BCUT2D eigenvalue weighted by atomic mass is 9.75. The number of hydrogen-bond donors (Lipinski definition) is 0. The van der Waals surface area contributed by atoms with Gasteiger partial charge < -0.3 is 0 Å². The van der Waals surface area contributed by atoms with E-state index >= 15 is 0 Å². The van der Waals surface area contributed by atoms with Gasteiger partial charge >= 0.3 is 0 Å². The largest absolute Gasteiger partial charge is 0.295 e. The summed E-state index contributed by atoms with van der Waals surface area (Å²) in [5.74, 6) is 1.51. The van der Waals surface area contributed by atoms with Crippen molar-refractivity contribution in [2.75, 3.05) is 0 Å². The van der Waals surface area contributed by atoms with Gasteiger partial charge in [0.2, 0.25) is 0 Å². The van der Waals surface area contributed by atoms with E-state index in [-0.39, 0.29) is 5.54 Å². The number of allylic oxidation sites excluding steroid dienone is 4. The molecule has 0 aromatic heterocycles. The second-order valence-electron chi connectivity index (χ2n) is 6.40. The molecule has 0 radical (unpaired) electrons. The highest BCUT2D eigenvalue weighted by atomic mass is 14.8. The fourth-order valence-corrected chi connectivity index (χ4v) is 2.56. The molecule has 1 aliphatic rings. The Bertz CT molecular complexity index is 315. The zero-order valence-corrected chi connectivity index (χ0v) is 12.6. The van der Waals surface area contributed by atoms with Crippen LogP contribution in [-0.4, -0.2) is 12.3 Å². The van der Waals surface area contributed by atoms with E-state index in [9.17, 15) is 0 Å². The highest BCUT2D eigenvalue weighted by Gasteiger charge is 2.29. The van der Waals surface area contributed by atoms with E-state index in [1.54, 1.807) is 0 Å². The van der Waals surface area contributed by atoms with E-state index in [1.807, 2.05) is 0 Å². The van der Waals surface area contributed by atoms with E-state index in [1.165, 1.54) is 37.7 Å². The molecule has 0 amide bonds. The van der Waals surface area contributed by atoms with Crippen LogP contribution in [0.3, 0.4) is 0 Å². The van der Waals surface area contributed by atoms with Gasteiger partial charge in [-0.1, -0.05) is 37.6 Å². The first kappa shape index (κ1) is 15.2. The standard InChI is InChI=1S/C17H29N/c1-14(2)8-6-7-9-15(3)16-10-12-17(4,18-5)13-11-16/h6-7,9,14,16H,5,8,10-13H2,1-4H3. The fourth-order valence-electron chi connectivity index (χ4n) is 2.56. The van der Waals surface area contributed by atoms with Gasteiger partial charge in [-0.3, -0.25) is 4.99 Å². The van der Waals surface area contributed by atoms with E-state index in [0.29, 0.717) is 0 Å². The zero-order valence-electron chi connectivity index (χ0n) is 12.6. The lowest BCUT2D eigenvalue weighted by Crippen LogP contribution is -2.28.